The fourth-order valence-electron chi connectivity index (χ4n) is 4.85. The largest absolute Gasteiger partial charge is 0.490 e. The Balaban J connectivity index is 1.24. The lowest BCUT2D eigenvalue weighted by molar-refractivity contribution is 0.170. The van der Waals surface area contributed by atoms with Gasteiger partial charge in [-0.1, -0.05) is 24.3 Å². The molecule has 6 heteroatoms. The van der Waals surface area contributed by atoms with E-state index in [9.17, 15) is 4.79 Å². The molecule has 1 unspecified atom stereocenters. The molecular formula is C25H30N2O4. The quantitative estimate of drug-likeness (QED) is 0.750. The number of benzene rings is 2. The van der Waals surface area contributed by atoms with Crippen molar-refractivity contribution in [2.45, 2.75) is 57.2 Å². The highest BCUT2D eigenvalue weighted by molar-refractivity contribution is 5.75. The van der Waals surface area contributed by atoms with E-state index in [1.807, 2.05) is 41.3 Å². The molecule has 0 radical (unpaired) electrons. The van der Waals surface area contributed by atoms with E-state index in [-0.39, 0.29) is 12.1 Å². The maximum absolute atomic E-state index is 13.1. The summed E-state index contributed by atoms with van der Waals surface area (Å²) < 4.78 is 17.6. The third-order valence-electron chi connectivity index (χ3n) is 6.46. The van der Waals surface area contributed by atoms with Gasteiger partial charge in [-0.25, -0.2) is 4.79 Å². The first kappa shape index (κ1) is 20.0. The summed E-state index contributed by atoms with van der Waals surface area (Å²) in [5.41, 5.74) is 2.12. The maximum atomic E-state index is 13.1. The molecule has 5 rings (SSSR count). The van der Waals surface area contributed by atoms with Crippen LogP contribution in [0.2, 0.25) is 0 Å². The molecule has 1 aliphatic carbocycles. The normalized spacial score (nSPS) is 20.6. The predicted molar refractivity (Wildman–Crippen MR) is 118 cm³/mol. The van der Waals surface area contributed by atoms with Crippen LogP contribution in [0.1, 0.15) is 55.7 Å². The number of likely N-dealkylation sites (tertiary alicyclic amines) is 1. The number of carbonyl (C=O) groups excluding carboxylic acids is 1. The van der Waals surface area contributed by atoms with Crippen molar-refractivity contribution in [1.29, 1.82) is 0 Å². The van der Waals surface area contributed by atoms with Gasteiger partial charge in [-0.05, 0) is 62.3 Å². The summed E-state index contributed by atoms with van der Waals surface area (Å²) in [4.78, 5) is 15.0. The number of amides is 2. The molecule has 31 heavy (non-hydrogen) atoms. The molecule has 2 fully saturated rings. The lowest BCUT2D eigenvalue weighted by atomic mass is 10.0. The van der Waals surface area contributed by atoms with Crippen LogP contribution in [0.4, 0.5) is 4.79 Å². The number of para-hydroxylation sites is 1. The van der Waals surface area contributed by atoms with Crippen LogP contribution in [0.3, 0.4) is 0 Å². The molecule has 0 spiro atoms. The molecule has 1 atom stereocenters. The van der Waals surface area contributed by atoms with Gasteiger partial charge >= 0.3 is 6.03 Å². The lowest BCUT2D eigenvalue weighted by Crippen LogP contribution is -2.39. The van der Waals surface area contributed by atoms with Gasteiger partial charge in [0.15, 0.2) is 11.5 Å². The smallest absolute Gasteiger partial charge is 0.318 e. The van der Waals surface area contributed by atoms with Crippen molar-refractivity contribution in [3.05, 3.63) is 53.6 Å². The van der Waals surface area contributed by atoms with E-state index in [0.717, 1.165) is 60.6 Å². The topological polar surface area (TPSA) is 60.0 Å². The van der Waals surface area contributed by atoms with Gasteiger partial charge in [-0.15, -0.1) is 0 Å². The van der Waals surface area contributed by atoms with Crippen molar-refractivity contribution in [1.82, 2.24) is 10.2 Å². The average Bonchev–Trinajstić information content (AvgIpc) is 3.50. The van der Waals surface area contributed by atoms with E-state index in [0.29, 0.717) is 25.9 Å². The molecule has 2 aromatic carbocycles. The molecule has 1 saturated heterocycles. The van der Waals surface area contributed by atoms with E-state index >= 15 is 0 Å². The van der Waals surface area contributed by atoms with E-state index < -0.39 is 0 Å². The van der Waals surface area contributed by atoms with Gasteiger partial charge in [0, 0.05) is 18.7 Å². The van der Waals surface area contributed by atoms with Gasteiger partial charge in [0.25, 0.3) is 0 Å². The number of nitrogens with one attached hydrogen (secondary N) is 1. The highest BCUT2D eigenvalue weighted by atomic mass is 16.6. The Kier molecular flexibility index (Phi) is 5.87. The number of hydrogen-bond donors (Lipinski definition) is 1. The minimum Gasteiger partial charge on any atom is -0.490 e. The Labute approximate surface area is 183 Å². The minimum atomic E-state index is -0.0342. The summed E-state index contributed by atoms with van der Waals surface area (Å²) in [6.07, 6.45) is 6.95. The maximum Gasteiger partial charge on any atom is 0.318 e. The molecule has 0 aromatic heterocycles. The van der Waals surface area contributed by atoms with Gasteiger partial charge in [-0.3, -0.25) is 0 Å². The monoisotopic (exact) mass is 422 g/mol. The number of nitrogens with zero attached hydrogens (tertiary/aromatic N) is 1. The van der Waals surface area contributed by atoms with E-state index in [1.165, 1.54) is 12.8 Å². The first-order chi connectivity index (χ1) is 15.3. The highest BCUT2D eigenvalue weighted by Crippen LogP contribution is 2.38. The number of carbonyl (C=O) groups is 1. The molecule has 2 aromatic rings. The number of rotatable bonds is 5. The van der Waals surface area contributed by atoms with Crippen molar-refractivity contribution in [3.63, 3.8) is 0 Å². The zero-order valence-electron chi connectivity index (χ0n) is 17.8. The van der Waals surface area contributed by atoms with Crippen molar-refractivity contribution in [3.8, 4) is 17.2 Å². The highest BCUT2D eigenvalue weighted by Gasteiger charge is 2.31. The van der Waals surface area contributed by atoms with Crippen molar-refractivity contribution in [2.24, 2.45) is 0 Å². The fraction of sp³-hybridized carbons (Fsp3) is 0.480. The Morgan fingerprint density at radius 1 is 1.00 bits per heavy atom. The molecule has 2 heterocycles. The van der Waals surface area contributed by atoms with Crippen LogP contribution in [0, 0.1) is 0 Å². The molecule has 3 aliphatic rings. The molecular weight excluding hydrogens is 392 g/mol. The van der Waals surface area contributed by atoms with Crippen LogP contribution in [0.25, 0.3) is 0 Å². The number of urea groups is 1. The first-order valence-corrected chi connectivity index (χ1v) is 11.5. The van der Waals surface area contributed by atoms with Crippen molar-refractivity contribution < 1.29 is 19.0 Å². The van der Waals surface area contributed by atoms with Crippen LogP contribution in [-0.4, -0.2) is 36.8 Å². The molecule has 2 aliphatic heterocycles. The second-order valence-electron chi connectivity index (χ2n) is 8.55. The molecule has 1 saturated carbocycles. The van der Waals surface area contributed by atoms with Gasteiger partial charge in [0.05, 0.1) is 12.1 Å². The summed E-state index contributed by atoms with van der Waals surface area (Å²) in [5.74, 6) is 2.44. The lowest BCUT2D eigenvalue weighted by Gasteiger charge is -2.27. The average molecular weight is 423 g/mol. The predicted octanol–water partition coefficient (Wildman–Crippen LogP) is 4.83. The third kappa shape index (κ3) is 4.43. The van der Waals surface area contributed by atoms with Crippen LogP contribution < -0.4 is 19.5 Å². The standard InChI is InChI=1S/C25H30N2O4/c28-25(26-17-19-6-1-4-10-22(19)31-20-7-2-3-8-20)27-13-5-9-21(27)18-11-12-23-24(16-18)30-15-14-29-23/h1,4,6,10-12,16,20-21H,2-3,5,7-9,13-15,17H2,(H,26,28). The molecule has 2 amide bonds. The molecule has 1 N–H and O–H groups in total. The SMILES string of the molecule is O=C(NCc1ccccc1OC1CCCC1)N1CCCC1c1ccc2c(c1)OCCO2. The third-order valence-corrected chi connectivity index (χ3v) is 6.46. The van der Waals surface area contributed by atoms with E-state index in [2.05, 4.69) is 11.4 Å². The molecule has 6 nitrogen and oxygen atoms in total. The Bertz CT molecular complexity index is 925. The van der Waals surface area contributed by atoms with Gasteiger partial charge in [-0.2, -0.15) is 0 Å². The minimum absolute atomic E-state index is 0.0342. The van der Waals surface area contributed by atoms with Gasteiger partial charge in [0.1, 0.15) is 19.0 Å². The number of hydrogen-bond acceptors (Lipinski definition) is 4. The summed E-state index contributed by atoms with van der Waals surface area (Å²) >= 11 is 0. The Morgan fingerprint density at radius 2 is 1.81 bits per heavy atom. The summed E-state index contributed by atoms with van der Waals surface area (Å²) in [7, 11) is 0. The van der Waals surface area contributed by atoms with Crippen LogP contribution >= 0.6 is 0 Å². The zero-order valence-corrected chi connectivity index (χ0v) is 17.8. The molecule has 0 bridgehead atoms. The van der Waals surface area contributed by atoms with Gasteiger partial charge < -0.3 is 24.4 Å². The number of ether oxygens (including phenoxy) is 3. The zero-order chi connectivity index (χ0) is 21.0. The van der Waals surface area contributed by atoms with Crippen LogP contribution in [-0.2, 0) is 6.54 Å². The fourth-order valence-corrected chi connectivity index (χ4v) is 4.85. The second-order valence-corrected chi connectivity index (χ2v) is 8.55. The van der Waals surface area contributed by atoms with Crippen molar-refractivity contribution in [2.75, 3.05) is 19.8 Å². The van der Waals surface area contributed by atoms with E-state index in [1.54, 1.807) is 0 Å². The van der Waals surface area contributed by atoms with E-state index in [4.69, 9.17) is 14.2 Å². The van der Waals surface area contributed by atoms with Crippen LogP contribution in [0.15, 0.2) is 42.5 Å². The second kappa shape index (κ2) is 9.08. The first-order valence-electron chi connectivity index (χ1n) is 11.5. The summed E-state index contributed by atoms with van der Waals surface area (Å²) in [5, 5.41) is 3.12. The van der Waals surface area contributed by atoms with Crippen LogP contribution in [0.5, 0.6) is 17.2 Å². The Hall–Kier alpha value is -2.89. The summed E-state index contributed by atoms with van der Waals surface area (Å²) in [6, 6.07) is 14.1. The van der Waals surface area contributed by atoms with Crippen molar-refractivity contribution >= 4 is 6.03 Å². The summed E-state index contributed by atoms with van der Waals surface area (Å²) in [6.45, 7) is 2.36. The Morgan fingerprint density at radius 3 is 2.68 bits per heavy atom. The van der Waals surface area contributed by atoms with Gasteiger partial charge in [0.2, 0.25) is 0 Å². The molecule has 164 valence electrons. The number of fused-ring (bicyclic) bond motifs is 1.